The van der Waals surface area contributed by atoms with Gasteiger partial charge in [0, 0.05) is 5.88 Å². The monoisotopic (exact) mass is 224 g/mol. The first-order valence-corrected chi connectivity index (χ1v) is 6.50. The topological polar surface area (TPSA) is 0 Å². The molecule has 0 saturated heterocycles. The summed E-state index contributed by atoms with van der Waals surface area (Å²) in [6, 6.07) is 8.98. The van der Waals surface area contributed by atoms with Crippen LogP contribution in [0.2, 0.25) is 0 Å². The van der Waals surface area contributed by atoms with Crippen LogP contribution >= 0.6 is 11.6 Å². The highest BCUT2D eigenvalue weighted by molar-refractivity contribution is 6.18. The molecule has 0 aliphatic carbocycles. The minimum Gasteiger partial charge on any atom is -0.126 e. The van der Waals surface area contributed by atoms with Crippen LogP contribution in [0.15, 0.2) is 24.3 Å². The first-order valence-electron chi connectivity index (χ1n) is 5.96. The molecule has 1 heteroatoms. The first-order chi connectivity index (χ1) is 7.31. The third-order valence-electron chi connectivity index (χ3n) is 2.81. The number of hydrogen-bond donors (Lipinski definition) is 0. The number of alkyl halides is 1. The Kier molecular flexibility index (Phi) is 5.78. The number of benzene rings is 1. The van der Waals surface area contributed by atoms with Crippen molar-refractivity contribution < 1.29 is 0 Å². The number of halogens is 1. The van der Waals surface area contributed by atoms with Gasteiger partial charge in [0.05, 0.1) is 0 Å². The van der Waals surface area contributed by atoms with Gasteiger partial charge >= 0.3 is 0 Å². The third kappa shape index (κ3) is 3.87. The van der Waals surface area contributed by atoms with Crippen LogP contribution in [0.25, 0.3) is 0 Å². The van der Waals surface area contributed by atoms with E-state index in [1.807, 2.05) is 0 Å². The highest BCUT2D eigenvalue weighted by Gasteiger charge is 2.08. The van der Waals surface area contributed by atoms with Gasteiger partial charge in [-0.05, 0) is 29.9 Å². The minimum atomic E-state index is 0.535. The summed E-state index contributed by atoms with van der Waals surface area (Å²) in [6.07, 6.45) is 4.79. The molecular weight excluding hydrogens is 204 g/mol. The van der Waals surface area contributed by atoms with Crippen molar-refractivity contribution in [2.45, 2.75) is 45.4 Å². The summed E-state index contributed by atoms with van der Waals surface area (Å²) in [6.45, 7) is 4.43. The number of aryl methyl sites for hydroxylation is 1. The van der Waals surface area contributed by atoms with Crippen molar-refractivity contribution in [3.05, 3.63) is 35.4 Å². The van der Waals surface area contributed by atoms with E-state index < -0.39 is 0 Å². The van der Waals surface area contributed by atoms with Gasteiger partial charge in [-0.1, -0.05) is 51.0 Å². The Balaban J connectivity index is 2.68. The second kappa shape index (κ2) is 6.90. The van der Waals surface area contributed by atoms with E-state index in [9.17, 15) is 0 Å². The number of hydrogen-bond acceptors (Lipinski definition) is 0. The molecule has 0 radical (unpaired) electrons. The van der Waals surface area contributed by atoms with Gasteiger partial charge in [0.1, 0.15) is 0 Å². The zero-order valence-electron chi connectivity index (χ0n) is 9.80. The quantitative estimate of drug-likeness (QED) is 0.611. The lowest BCUT2D eigenvalue weighted by molar-refractivity contribution is 0.670. The summed E-state index contributed by atoms with van der Waals surface area (Å²) in [5, 5.41) is 0. The maximum Gasteiger partial charge on any atom is 0.0292 e. The Labute approximate surface area is 98.7 Å². The van der Waals surface area contributed by atoms with E-state index >= 15 is 0 Å². The van der Waals surface area contributed by atoms with Gasteiger partial charge in [0.2, 0.25) is 0 Å². The lowest BCUT2D eigenvalue weighted by Gasteiger charge is -2.13. The van der Waals surface area contributed by atoms with Gasteiger partial charge in [0.25, 0.3) is 0 Å². The Morgan fingerprint density at radius 2 is 1.73 bits per heavy atom. The molecule has 0 aromatic heterocycles. The molecule has 1 atom stereocenters. The largest absolute Gasteiger partial charge is 0.126 e. The maximum absolute atomic E-state index is 5.98. The molecular formula is C14H21Cl. The van der Waals surface area contributed by atoms with Gasteiger partial charge in [-0.2, -0.15) is 0 Å². The Bertz CT molecular complexity index is 263. The smallest absolute Gasteiger partial charge is 0.0292 e. The van der Waals surface area contributed by atoms with E-state index in [2.05, 4.69) is 38.1 Å². The fourth-order valence-electron chi connectivity index (χ4n) is 1.93. The van der Waals surface area contributed by atoms with Crippen LogP contribution in [0.5, 0.6) is 0 Å². The molecule has 0 fully saturated rings. The molecule has 1 aromatic rings. The summed E-state index contributed by atoms with van der Waals surface area (Å²) < 4.78 is 0. The maximum atomic E-state index is 5.98. The summed E-state index contributed by atoms with van der Waals surface area (Å²) >= 11 is 5.98. The average Bonchev–Trinajstić information content (AvgIpc) is 2.28. The lowest BCUT2D eigenvalue weighted by Crippen LogP contribution is -2.00. The van der Waals surface area contributed by atoms with Crippen LogP contribution in [-0.2, 0) is 6.42 Å². The van der Waals surface area contributed by atoms with Gasteiger partial charge in [-0.15, -0.1) is 11.6 Å². The van der Waals surface area contributed by atoms with Crippen LogP contribution in [0.3, 0.4) is 0 Å². The van der Waals surface area contributed by atoms with Gasteiger partial charge in [-0.3, -0.25) is 0 Å². The van der Waals surface area contributed by atoms with E-state index in [1.54, 1.807) is 0 Å². The Morgan fingerprint density at radius 1 is 1.07 bits per heavy atom. The minimum absolute atomic E-state index is 0.535. The molecule has 0 aliphatic rings. The van der Waals surface area contributed by atoms with E-state index in [-0.39, 0.29) is 0 Å². The standard InChI is InChI=1S/C14H21Cl/c1-3-5-12-7-9-13(10-8-12)14(11-15)6-4-2/h7-10,14H,3-6,11H2,1-2H3. The normalized spacial score (nSPS) is 12.7. The lowest BCUT2D eigenvalue weighted by atomic mass is 9.95. The van der Waals surface area contributed by atoms with Crippen LogP contribution < -0.4 is 0 Å². The molecule has 1 rings (SSSR count). The zero-order valence-corrected chi connectivity index (χ0v) is 10.6. The molecule has 0 N–H and O–H groups in total. The Hall–Kier alpha value is -0.490. The molecule has 84 valence electrons. The van der Waals surface area contributed by atoms with Crippen molar-refractivity contribution >= 4 is 11.6 Å². The molecule has 1 unspecified atom stereocenters. The van der Waals surface area contributed by atoms with Crippen molar-refractivity contribution in [3.8, 4) is 0 Å². The van der Waals surface area contributed by atoms with E-state index in [4.69, 9.17) is 11.6 Å². The van der Waals surface area contributed by atoms with Crippen LogP contribution in [0, 0.1) is 0 Å². The van der Waals surface area contributed by atoms with Gasteiger partial charge in [0.15, 0.2) is 0 Å². The number of rotatable bonds is 6. The highest BCUT2D eigenvalue weighted by atomic mass is 35.5. The molecule has 0 heterocycles. The van der Waals surface area contributed by atoms with Crippen molar-refractivity contribution in [2.75, 3.05) is 5.88 Å². The Morgan fingerprint density at radius 3 is 2.20 bits per heavy atom. The molecule has 0 saturated carbocycles. The fraction of sp³-hybridized carbons (Fsp3) is 0.571. The molecule has 0 aliphatic heterocycles. The van der Waals surface area contributed by atoms with Crippen molar-refractivity contribution in [1.29, 1.82) is 0 Å². The summed E-state index contributed by atoms with van der Waals surface area (Å²) in [5.74, 6) is 1.27. The highest BCUT2D eigenvalue weighted by Crippen LogP contribution is 2.23. The summed E-state index contributed by atoms with van der Waals surface area (Å²) in [7, 11) is 0. The average molecular weight is 225 g/mol. The zero-order chi connectivity index (χ0) is 11.1. The van der Waals surface area contributed by atoms with Gasteiger partial charge < -0.3 is 0 Å². The third-order valence-corrected chi connectivity index (χ3v) is 3.19. The second-order valence-corrected chi connectivity index (χ2v) is 4.44. The van der Waals surface area contributed by atoms with Crippen molar-refractivity contribution in [3.63, 3.8) is 0 Å². The van der Waals surface area contributed by atoms with Crippen LogP contribution in [0.1, 0.15) is 50.2 Å². The molecule has 0 bridgehead atoms. The summed E-state index contributed by atoms with van der Waals surface area (Å²) in [4.78, 5) is 0. The SMILES string of the molecule is CCCc1ccc(C(CCl)CCC)cc1. The molecule has 0 nitrogen and oxygen atoms in total. The van der Waals surface area contributed by atoms with Crippen molar-refractivity contribution in [2.24, 2.45) is 0 Å². The fourth-order valence-corrected chi connectivity index (χ4v) is 2.26. The first kappa shape index (κ1) is 12.6. The second-order valence-electron chi connectivity index (χ2n) is 4.13. The predicted molar refractivity (Wildman–Crippen MR) is 68.8 cm³/mol. The van der Waals surface area contributed by atoms with Crippen LogP contribution in [-0.4, -0.2) is 5.88 Å². The van der Waals surface area contributed by atoms with Crippen LogP contribution in [0.4, 0.5) is 0 Å². The van der Waals surface area contributed by atoms with E-state index in [0.717, 1.165) is 5.88 Å². The van der Waals surface area contributed by atoms with E-state index in [0.29, 0.717) is 5.92 Å². The molecule has 0 spiro atoms. The van der Waals surface area contributed by atoms with Gasteiger partial charge in [-0.25, -0.2) is 0 Å². The predicted octanol–water partition coefficient (Wildman–Crippen LogP) is 4.76. The van der Waals surface area contributed by atoms with Crippen molar-refractivity contribution in [1.82, 2.24) is 0 Å². The summed E-state index contributed by atoms with van der Waals surface area (Å²) in [5.41, 5.74) is 2.83. The molecule has 0 amide bonds. The molecule has 1 aromatic carbocycles. The molecule has 15 heavy (non-hydrogen) atoms. The van der Waals surface area contributed by atoms with E-state index in [1.165, 1.54) is 36.8 Å².